The number of hydrogen-bond acceptors (Lipinski definition) is 5. The Morgan fingerprint density at radius 1 is 1.14 bits per heavy atom. The standard InChI is InChI=1S/C16H33N3O3/c1-15(2,3)18-9-8-17-12-10-19(11-13(12)21-7)14(20)22-16(4,5)6/h12-13,17-18H,8-11H2,1-7H3/t12?,13-/m0/s1. The van der Waals surface area contributed by atoms with E-state index in [9.17, 15) is 4.79 Å². The second kappa shape index (κ2) is 7.62. The molecule has 0 aromatic carbocycles. The molecule has 0 saturated carbocycles. The normalized spacial score (nSPS) is 23.0. The van der Waals surface area contributed by atoms with E-state index in [2.05, 4.69) is 31.4 Å². The molecule has 1 heterocycles. The molecule has 0 aliphatic carbocycles. The van der Waals surface area contributed by atoms with E-state index in [1.807, 2.05) is 20.8 Å². The molecule has 2 atom stereocenters. The minimum atomic E-state index is -0.470. The van der Waals surface area contributed by atoms with Gasteiger partial charge in [-0.3, -0.25) is 0 Å². The fraction of sp³-hybridized carbons (Fsp3) is 0.938. The van der Waals surface area contributed by atoms with Gasteiger partial charge in [0.25, 0.3) is 0 Å². The third-order valence-electron chi connectivity index (χ3n) is 3.41. The van der Waals surface area contributed by atoms with Crippen molar-refractivity contribution in [1.82, 2.24) is 15.5 Å². The summed E-state index contributed by atoms with van der Waals surface area (Å²) >= 11 is 0. The predicted molar refractivity (Wildman–Crippen MR) is 88.2 cm³/mol. The number of nitrogens with zero attached hydrogens (tertiary/aromatic N) is 1. The number of hydrogen-bond donors (Lipinski definition) is 2. The average Bonchev–Trinajstić information content (AvgIpc) is 2.74. The van der Waals surface area contributed by atoms with Gasteiger partial charge in [-0.1, -0.05) is 0 Å². The van der Waals surface area contributed by atoms with Crippen molar-refractivity contribution in [2.24, 2.45) is 0 Å². The van der Waals surface area contributed by atoms with Crippen molar-refractivity contribution in [3.63, 3.8) is 0 Å². The van der Waals surface area contributed by atoms with Crippen LogP contribution in [0.15, 0.2) is 0 Å². The molecular formula is C16H33N3O3. The summed E-state index contributed by atoms with van der Waals surface area (Å²) in [5.41, 5.74) is -0.359. The van der Waals surface area contributed by atoms with E-state index in [0.717, 1.165) is 13.1 Å². The smallest absolute Gasteiger partial charge is 0.410 e. The van der Waals surface area contributed by atoms with Crippen LogP contribution in [0.5, 0.6) is 0 Å². The van der Waals surface area contributed by atoms with Crippen LogP contribution in [0.3, 0.4) is 0 Å². The van der Waals surface area contributed by atoms with Crippen molar-refractivity contribution in [1.29, 1.82) is 0 Å². The van der Waals surface area contributed by atoms with Crippen molar-refractivity contribution in [3.8, 4) is 0 Å². The topological polar surface area (TPSA) is 62.8 Å². The van der Waals surface area contributed by atoms with Crippen molar-refractivity contribution < 1.29 is 14.3 Å². The van der Waals surface area contributed by atoms with E-state index in [0.29, 0.717) is 13.1 Å². The lowest BCUT2D eigenvalue weighted by molar-refractivity contribution is 0.0252. The second-order valence-electron chi connectivity index (χ2n) is 7.90. The largest absolute Gasteiger partial charge is 0.444 e. The van der Waals surface area contributed by atoms with Gasteiger partial charge in [-0.25, -0.2) is 4.79 Å². The molecule has 0 radical (unpaired) electrons. The van der Waals surface area contributed by atoms with E-state index < -0.39 is 5.60 Å². The van der Waals surface area contributed by atoms with Crippen LogP contribution in [0.2, 0.25) is 0 Å². The van der Waals surface area contributed by atoms with Gasteiger partial charge in [0, 0.05) is 32.3 Å². The lowest BCUT2D eigenvalue weighted by Gasteiger charge is -2.24. The maximum absolute atomic E-state index is 12.1. The monoisotopic (exact) mass is 315 g/mol. The highest BCUT2D eigenvalue weighted by Gasteiger charge is 2.36. The molecule has 1 saturated heterocycles. The minimum absolute atomic E-state index is 0.00200. The summed E-state index contributed by atoms with van der Waals surface area (Å²) in [6, 6.07) is 0.138. The Kier molecular flexibility index (Phi) is 6.65. The molecule has 0 aromatic rings. The Labute approximate surface area is 134 Å². The van der Waals surface area contributed by atoms with Gasteiger partial charge in [-0.15, -0.1) is 0 Å². The molecule has 1 rings (SSSR count). The first kappa shape index (κ1) is 19.2. The Morgan fingerprint density at radius 2 is 1.77 bits per heavy atom. The first-order valence-electron chi connectivity index (χ1n) is 8.01. The van der Waals surface area contributed by atoms with Gasteiger partial charge in [0.05, 0.1) is 18.7 Å². The van der Waals surface area contributed by atoms with Crippen LogP contribution >= 0.6 is 0 Å². The number of ether oxygens (including phenoxy) is 2. The van der Waals surface area contributed by atoms with Crippen LogP contribution in [0.4, 0.5) is 4.79 Å². The number of rotatable bonds is 5. The van der Waals surface area contributed by atoms with Crippen LogP contribution in [0.25, 0.3) is 0 Å². The summed E-state index contributed by atoms with van der Waals surface area (Å²) in [7, 11) is 1.69. The zero-order valence-electron chi connectivity index (χ0n) is 15.2. The van der Waals surface area contributed by atoms with Gasteiger partial charge >= 0.3 is 6.09 Å². The average molecular weight is 315 g/mol. The Bertz CT molecular complexity index is 361. The molecule has 6 heteroatoms. The second-order valence-corrected chi connectivity index (χ2v) is 7.90. The van der Waals surface area contributed by atoms with Crippen LogP contribution in [0, 0.1) is 0 Å². The van der Waals surface area contributed by atoms with E-state index in [1.165, 1.54) is 0 Å². The third-order valence-corrected chi connectivity index (χ3v) is 3.41. The third kappa shape index (κ3) is 6.94. The molecule has 2 N–H and O–H groups in total. The van der Waals surface area contributed by atoms with Gasteiger partial charge in [-0.2, -0.15) is 0 Å². The summed E-state index contributed by atoms with van der Waals surface area (Å²) in [6.07, 6.45) is -0.270. The first-order chi connectivity index (χ1) is 10.0. The van der Waals surface area contributed by atoms with Crippen molar-refractivity contribution in [3.05, 3.63) is 0 Å². The molecule has 1 fully saturated rings. The van der Waals surface area contributed by atoms with Crippen LogP contribution < -0.4 is 10.6 Å². The van der Waals surface area contributed by atoms with Crippen LogP contribution in [0.1, 0.15) is 41.5 Å². The summed E-state index contributed by atoms with van der Waals surface area (Å²) in [6.45, 7) is 15.0. The maximum Gasteiger partial charge on any atom is 0.410 e. The van der Waals surface area contributed by atoms with E-state index in [4.69, 9.17) is 9.47 Å². The molecule has 6 nitrogen and oxygen atoms in total. The molecular weight excluding hydrogens is 282 g/mol. The number of carbonyl (C=O) groups is 1. The Morgan fingerprint density at radius 3 is 2.27 bits per heavy atom. The summed E-state index contributed by atoms with van der Waals surface area (Å²) < 4.78 is 10.9. The molecule has 1 unspecified atom stereocenters. The van der Waals surface area contributed by atoms with Crippen molar-refractivity contribution >= 4 is 6.09 Å². The Balaban J connectivity index is 2.43. The fourth-order valence-corrected chi connectivity index (χ4v) is 2.38. The molecule has 22 heavy (non-hydrogen) atoms. The molecule has 130 valence electrons. The van der Waals surface area contributed by atoms with E-state index in [1.54, 1.807) is 12.0 Å². The number of carbonyl (C=O) groups excluding carboxylic acids is 1. The molecule has 0 spiro atoms. The van der Waals surface area contributed by atoms with Gasteiger partial charge in [-0.05, 0) is 41.5 Å². The SMILES string of the molecule is CO[C@H]1CN(C(=O)OC(C)(C)C)CC1NCCNC(C)(C)C. The maximum atomic E-state index is 12.1. The summed E-state index contributed by atoms with van der Waals surface area (Å²) in [4.78, 5) is 13.9. The van der Waals surface area contributed by atoms with E-state index >= 15 is 0 Å². The quantitative estimate of drug-likeness (QED) is 0.755. The molecule has 1 amide bonds. The van der Waals surface area contributed by atoms with Gasteiger partial charge in [0.1, 0.15) is 5.60 Å². The first-order valence-corrected chi connectivity index (χ1v) is 8.01. The van der Waals surface area contributed by atoms with Crippen molar-refractivity contribution in [2.45, 2.75) is 64.8 Å². The Hall–Kier alpha value is -0.850. The zero-order valence-corrected chi connectivity index (χ0v) is 15.2. The van der Waals surface area contributed by atoms with Gasteiger partial charge in [0.2, 0.25) is 0 Å². The summed E-state index contributed by atoms with van der Waals surface area (Å²) in [5, 5.41) is 6.90. The number of methoxy groups -OCH3 is 1. The lowest BCUT2D eigenvalue weighted by Crippen LogP contribution is -2.46. The van der Waals surface area contributed by atoms with Gasteiger partial charge in [0.15, 0.2) is 0 Å². The van der Waals surface area contributed by atoms with Crippen molar-refractivity contribution in [2.75, 3.05) is 33.3 Å². The van der Waals surface area contributed by atoms with Crippen LogP contribution in [-0.2, 0) is 9.47 Å². The highest BCUT2D eigenvalue weighted by molar-refractivity contribution is 5.68. The highest BCUT2D eigenvalue weighted by Crippen LogP contribution is 2.17. The fourth-order valence-electron chi connectivity index (χ4n) is 2.38. The number of amides is 1. The minimum Gasteiger partial charge on any atom is -0.444 e. The van der Waals surface area contributed by atoms with Crippen LogP contribution in [-0.4, -0.2) is 67.6 Å². The lowest BCUT2D eigenvalue weighted by atomic mass is 10.1. The number of likely N-dealkylation sites (tertiary alicyclic amines) is 1. The molecule has 1 aliphatic rings. The van der Waals surface area contributed by atoms with E-state index in [-0.39, 0.29) is 23.8 Å². The molecule has 0 bridgehead atoms. The highest BCUT2D eigenvalue weighted by atomic mass is 16.6. The zero-order chi connectivity index (χ0) is 17.0. The molecule has 1 aliphatic heterocycles. The summed E-state index contributed by atoms with van der Waals surface area (Å²) in [5.74, 6) is 0. The van der Waals surface area contributed by atoms with Gasteiger partial charge < -0.3 is 25.0 Å². The molecule has 0 aromatic heterocycles. The predicted octanol–water partition coefficient (Wildman–Crippen LogP) is 1.60. The number of nitrogens with one attached hydrogen (secondary N) is 2.